The fourth-order valence-electron chi connectivity index (χ4n) is 0.662. The third kappa shape index (κ3) is 1.58. The fourth-order valence-corrected chi connectivity index (χ4v) is 0.662. The molecule has 0 aliphatic carbocycles. The topological polar surface area (TPSA) is 57.8 Å². The third-order valence-corrected chi connectivity index (χ3v) is 1.01. The van der Waals surface area contributed by atoms with Gasteiger partial charge in [-0.3, -0.25) is 4.79 Å². The standard InChI is InChI=1S/C6H9N3O/c1-4-7-3-6(8-4)9-5(2)10/h3H,1-2H3,(H,7,8)(H,9,10). The lowest BCUT2D eigenvalue weighted by molar-refractivity contribution is -0.114. The zero-order chi connectivity index (χ0) is 7.56. The quantitative estimate of drug-likeness (QED) is 0.601. The number of amides is 1. The second-order valence-corrected chi connectivity index (χ2v) is 2.05. The van der Waals surface area contributed by atoms with E-state index in [4.69, 9.17) is 0 Å². The molecule has 0 radical (unpaired) electrons. The number of carbonyl (C=O) groups is 1. The van der Waals surface area contributed by atoms with Crippen molar-refractivity contribution in [1.29, 1.82) is 0 Å². The molecular formula is C6H9N3O. The van der Waals surface area contributed by atoms with Gasteiger partial charge in [-0.25, -0.2) is 4.98 Å². The van der Waals surface area contributed by atoms with Gasteiger partial charge < -0.3 is 10.3 Å². The summed E-state index contributed by atoms with van der Waals surface area (Å²) in [5, 5.41) is 2.54. The highest BCUT2D eigenvalue weighted by molar-refractivity contribution is 5.87. The Hall–Kier alpha value is -1.32. The summed E-state index contributed by atoms with van der Waals surface area (Å²) < 4.78 is 0. The number of H-pyrrole nitrogens is 1. The van der Waals surface area contributed by atoms with Crippen LogP contribution in [-0.4, -0.2) is 15.9 Å². The molecule has 0 spiro atoms. The summed E-state index contributed by atoms with van der Waals surface area (Å²) in [6, 6.07) is 0. The number of anilines is 1. The van der Waals surface area contributed by atoms with E-state index in [-0.39, 0.29) is 5.91 Å². The van der Waals surface area contributed by atoms with E-state index in [9.17, 15) is 4.79 Å². The van der Waals surface area contributed by atoms with Crippen LogP contribution >= 0.6 is 0 Å². The molecule has 0 unspecified atom stereocenters. The monoisotopic (exact) mass is 139 g/mol. The van der Waals surface area contributed by atoms with Crippen LogP contribution in [0.1, 0.15) is 12.7 Å². The summed E-state index contributed by atoms with van der Waals surface area (Å²) in [5.74, 6) is 1.26. The predicted molar refractivity (Wildman–Crippen MR) is 37.6 cm³/mol. The number of carbonyl (C=O) groups excluding carboxylic acids is 1. The Kier molecular flexibility index (Phi) is 1.71. The molecule has 1 rings (SSSR count). The van der Waals surface area contributed by atoms with Crippen LogP contribution in [0.3, 0.4) is 0 Å². The Bertz CT molecular complexity index is 241. The highest BCUT2D eigenvalue weighted by Crippen LogP contribution is 2.00. The molecule has 1 amide bonds. The van der Waals surface area contributed by atoms with Gasteiger partial charge in [0.05, 0.1) is 0 Å². The van der Waals surface area contributed by atoms with E-state index in [1.54, 1.807) is 6.20 Å². The van der Waals surface area contributed by atoms with Crippen LogP contribution in [0.15, 0.2) is 6.20 Å². The van der Waals surface area contributed by atoms with Gasteiger partial charge in [0.15, 0.2) is 5.82 Å². The van der Waals surface area contributed by atoms with Crippen LogP contribution in [0.25, 0.3) is 0 Å². The summed E-state index contributed by atoms with van der Waals surface area (Å²) in [4.78, 5) is 17.3. The summed E-state index contributed by atoms with van der Waals surface area (Å²) in [6.45, 7) is 3.27. The largest absolute Gasteiger partial charge is 0.347 e. The third-order valence-electron chi connectivity index (χ3n) is 1.01. The Morgan fingerprint density at radius 1 is 1.80 bits per heavy atom. The molecule has 4 heteroatoms. The van der Waals surface area contributed by atoms with E-state index in [2.05, 4.69) is 15.3 Å². The number of aryl methyl sites for hydroxylation is 1. The zero-order valence-electron chi connectivity index (χ0n) is 5.93. The minimum Gasteiger partial charge on any atom is -0.347 e. The zero-order valence-corrected chi connectivity index (χ0v) is 5.93. The van der Waals surface area contributed by atoms with Crippen molar-refractivity contribution >= 4 is 11.7 Å². The van der Waals surface area contributed by atoms with Crippen LogP contribution < -0.4 is 5.32 Å². The lowest BCUT2D eigenvalue weighted by Crippen LogP contribution is -2.05. The van der Waals surface area contributed by atoms with Crippen molar-refractivity contribution in [2.24, 2.45) is 0 Å². The Labute approximate surface area is 58.7 Å². The SMILES string of the molecule is CC(=O)Nc1c[nH]c(C)n1. The number of hydrogen-bond acceptors (Lipinski definition) is 2. The summed E-state index contributed by atoms with van der Waals surface area (Å²) in [5.41, 5.74) is 0. The van der Waals surface area contributed by atoms with E-state index in [0.29, 0.717) is 5.82 Å². The van der Waals surface area contributed by atoms with E-state index in [0.717, 1.165) is 5.82 Å². The Morgan fingerprint density at radius 2 is 2.50 bits per heavy atom. The highest BCUT2D eigenvalue weighted by atomic mass is 16.1. The molecular weight excluding hydrogens is 130 g/mol. The highest BCUT2D eigenvalue weighted by Gasteiger charge is 1.96. The predicted octanol–water partition coefficient (Wildman–Crippen LogP) is 0.677. The molecule has 4 nitrogen and oxygen atoms in total. The summed E-state index contributed by atoms with van der Waals surface area (Å²) >= 11 is 0. The van der Waals surface area contributed by atoms with Crippen molar-refractivity contribution < 1.29 is 4.79 Å². The van der Waals surface area contributed by atoms with E-state index >= 15 is 0 Å². The van der Waals surface area contributed by atoms with E-state index in [1.165, 1.54) is 6.92 Å². The molecule has 0 atom stereocenters. The number of aromatic nitrogens is 2. The van der Waals surface area contributed by atoms with Crippen molar-refractivity contribution in [2.45, 2.75) is 13.8 Å². The molecule has 0 bridgehead atoms. The number of aromatic amines is 1. The second-order valence-electron chi connectivity index (χ2n) is 2.05. The average molecular weight is 139 g/mol. The molecule has 0 aliphatic heterocycles. The van der Waals surface area contributed by atoms with Crippen LogP contribution in [-0.2, 0) is 4.79 Å². The summed E-state index contributed by atoms with van der Waals surface area (Å²) in [6.07, 6.45) is 1.65. The van der Waals surface area contributed by atoms with Gasteiger partial charge in [-0.2, -0.15) is 0 Å². The fraction of sp³-hybridized carbons (Fsp3) is 0.333. The maximum atomic E-state index is 10.5. The van der Waals surface area contributed by atoms with Gasteiger partial charge in [0, 0.05) is 13.1 Å². The number of nitrogens with zero attached hydrogens (tertiary/aromatic N) is 1. The van der Waals surface area contributed by atoms with Crippen LogP contribution in [0.5, 0.6) is 0 Å². The van der Waals surface area contributed by atoms with Gasteiger partial charge in [-0.1, -0.05) is 0 Å². The molecule has 0 aromatic carbocycles. The van der Waals surface area contributed by atoms with Gasteiger partial charge in [0.1, 0.15) is 5.82 Å². The van der Waals surface area contributed by atoms with Crippen molar-refractivity contribution in [3.63, 3.8) is 0 Å². The molecule has 0 saturated heterocycles. The minimum absolute atomic E-state index is 0.105. The summed E-state index contributed by atoms with van der Waals surface area (Å²) in [7, 11) is 0. The maximum Gasteiger partial charge on any atom is 0.222 e. The smallest absolute Gasteiger partial charge is 0.222 e. The first-order chi connectivity index (χ1) is 4.68. The van der Waals surface area contributed by atoms with E-state index in [1.807, 2.05) is 6.92 Å². The number of imidazole rings is 1. The molecule has 1 aromatic rings. The first-order valence-electron chi connectivity index (χ1n) is 2.98. The van der Waals surface area contributed by atoms with Crippen LogP contribution in [0.4, 0.5) is 5.82 Å². The molecule has 0 aliphatic rings. The number of hydrogen-bond donors (Lipinski definition) is 2. The van der Waals surface area contributed by atoms with Gasteiger partial charge in [0.25, 0.3) is 0 Å². The van der Waals surface area contributed by atoms with Crippen molar-refractivity contribution in [2.75, 3.05) is 5.32 Å². The van der Waals surface area contributed by atoms with Gasteiger partial charge >= 0.3 is 0 Å². The van der Waals surface area contributed by atoms with Crippen molar-refractivity contribution in [3.05, 3.63) is 12.0 Å². The minimum atomic E-state index is -0.105. The average Bonchev–Trinajstić information content (AvgIpc) is 2.13. The van der Waals surface area contributed by atoms with Crippen LogP contribution in [0.2, 0.25) is 0 Å². The molecule has 10 heavy (non-hydrogen) atoms. The van der Waals surface area contributed by atoms with Crippen LogP contribution in [0, 0.1) is 6.92 Å². The molecule has 0 saturated carbocycles. The first kappa shape index (κ1) is 6.80. The number of rotatable bonds is 1. The number of nitrogens with one attached hydrogen (secondary N) is 2. The van der Waals surface area contributed by atoms with Gasteiger partial charge in [-0.15, -0.1) is 0 Å². The molecule has 54 valence electrons. The van der Waals surface area contributed by atoms with E-state index < -0.39 is 0 Å². The molecule has 1 heterocycles. The normalized spacial score (nSPS) is 9.40. The molecule has 0 fully saturated rings. The lowest BCUT2D eigenvalue weighted by atomic mass is 10.6. The maximum absolute atomic E-state index is 10.5. The Balaban J connectivity index is 2.67. The lowest BCUT2D eigenvalue weighted by Gasteiger charge is -1.91. The molecule has 1 aromatic heterocycles. The van der Waals surface area contributed by atoms with Gasteiger partial charge in [0.2, 0.25) is 5.91 Å². The van der Waals surface area contributed by atoms with Gasteiger partial charge in [-0.05, 0) is 6.92 Å². The first-order valence-corrected chi connectivity index (χ1v) is 2.98. The Morgan fingerprint density at radius 3 is 2.90 bits per heavy atom. The molecule has 2 N–H and O–H groups in total. The van der Waals surface area contributed by atoms with Crippen molar-refractivity contribution in [1.82, 2.24) is 9.97 Å². The second kappa shape index (κ2) is 2.51. The van der Waals surface area contributed by atoms with Crippen molar-refractivity contribution in [3.8, 4) is 0 Å².